The van der Waals surface area contributed by atoms with Gasteiger partial charge in [-0.15, -0.1) is 0 Å². The summed E-state index contributed by atoms with van der Waals surface area (Å²) in [6.07, 6.45) is 0.844. The Morgan fingerprint density at radius 3 is 2.44 bits per heavy atom. The molecule has 0 bridgehead atoms. The van der Waals surface area contributed by atoms with E-state index < -0.39 is 9.84 Å². The van der Waals surface area contributed by atoms with Gasteiger partial charge in [0.1, 0.15) is 0 Å². The maximum absolute atomic E-state index is 12.7. The highest BCUT2D eigenvalue weighted by Crippen LogP contribution is 2.23. The molecule has 0 saturated carbocycles. The molecule has 2 aromatic carbocycles. The average Bonchev–Trinajstić information content (AvgIpc) is 3.13. The Bertz CT molecular complexity index is 881. The Morgan fingerprint density at radius 2 is 1.74 bits per heavy atom. The van der Waals surface area contributed by atoms with Crippen LogP contribution in [0.1, 0.15) is 24.5 Å². The second-order valence-electron chi connectivity index (χ2n) is 6.96. The molecule has 144 valence electrons. The fourth-order valence-corrected chi connectivity index (χ4v) is 4.95. The quantitative estimate of drug-likeness (QED) is 0.794. The molecule has 1 N–H and O–H groups in total. The van der Waals surface area contributed by atoms with E-state index in [1.165, 1.54) is 0 Å². The normalized spacial score (nSPS) is 17.7. The van der Waals surface area contributed by atoms with Crippen molar-refractivity contribution in [2.45, 2.75) is 30.5 Å². The van der Waals surface area contributed by atoms with E-state index in [1.54, 1.807) is 24.3 Å². The second kappa shape index (κ2) is 8.67. The highest BCUT2D eigenvalue weighted by atomic mass is 32.2. The van der Waals surface area contributed by atoms with Crippen molar-refractivity contribution in [3.8, 4) is 0 Å². The van der Waals surface area contributed by atoms with Crippen molar-refractivity contribution < 1.29 is 13.2 Å². The van der Waals surface area contributed by atoms with E-state index in [9.17, 15) is 13.2 Å². The van der Waals surface area contributed by atoms with Crippen LogP contribution in [-0.2, 0) is 26.9 Å². The molecule has 5 nitrogen and oxygen atoms in total. The molecule has 6 heteroatoms. The summed E-state index contributed by atoms with van der Waals surface area (Å²) in [5.41, 5.74) is 1.83. The lowest BCUT2D eigenvalue weighted by molar-refractivity contribution is -0.124. The molecule has 1 aliphatic heterocycles. The van der Waals surface area contributed by atoms with Gasteiger partial charge in [-0.2, -0.15) is 0 Å². The number of amides is 1. The lowest BCUT2D eigenvalue weighted by atomic mass is 10.1. The summed E-state index contributed by atoms with van der Waals surface area (Å²) in [4.78, 5) is 14.6. The fraction of sp³-hybridized carbons (Fsp3) is 0.381. The zero-order valence-corrected chi connectivity index (χ0v) is 16.4. The van der Waals surface area contributed by atoms with Gasteiger partial charge >= 0.3 is 0 Å². The Hall–Kier alpha value is -2.18. The summed E-state index contributed by atoms with van der Waals surface area (Å²) < 4.78 is 25.5. The largest absolute Gasteiger partial charge is 0.356 e. The Balaban J connectivity index is 1.71. The van der Waals surface area contributed by atoms with Gasteiger partial charge in [0.25, 0.3) is 0 Å². The Morgan fingerprint density at radius 1 is 1.07 bits per heavy atom. The summed E-state index contributed by atoms with van der Waals surface area (Å²) >= 11 is 0. The van der Waals surface area contributed by atoms with Crippen LogP contribution in [0.3, 0.4) is 0 Å². The van der Waals surface area contributed by atoms with Gasteiger partial charge in [0.05, 0.1) is 16.6 Å². The highest BCUT2D eigenvalue weighted by molar-refractivity contribution is 7.90. The monoisotopic (exact) mass is 386 g/mol. The SMILES string of the molecule is CCNC(=O)C1CCN(Cc2ccccc2CS(=O)(=O)c2ccccc2)C1. The minimum atomic E-state index is -3.38. The minimum absolute atomic E-state index is 0.0131. The number of carbonyl (C=O) groups is 1. The van der Waals surface area contributed by atoms with Gasteiger partial charge in [-0.05, 0) is 43.1 Å². The molecule has 0 aromatic heterocycles. The molecule has 3 rings (SSSR count). The molecule has 1 fully saturated rings. The zero-order valence-electron chi connectivity index (χ0n) is 15.6. The molecule has 1 amide bonds. The predicted octanol–water partition coefficient (Wildman–Crippen LogP) is 2.62. The standard InChI is InChI=1S/C21H26N2O3S/c1-2-22-21(24)18-12-13-23(15-18)14-17-8-6-7-9-19(17)16-27(25,26)20-10-4-3-5-11-20/h3-11,18H,2,12-16H2,1H3,(H,22,24). The summed E-state index contributed by atoms with van der Waals surface area (Å²) in [7, 11) is -3.38. The first-order valence-electron chi connectivity index (χ1n) is 9.34. The van der Waals surface area contributed by atoms with Gasteiger partial charge in [0.2, 0.25) is 5.91 Å². The topological polar surface area (TPSA) is 66.5 Å². The Labute approximate surface area is 161 Å². The number of nitrogens with zero attached hydrogens (tertiary/aromatic N) is 1. The third-order valence-corrected chi connectivity index (χ3v) is 6.64. The molecule has 2 aromatic rings. The van der Waals surface area contributed by atoms with Crippen LogP contribution in [0.4, 0.5) is 0 Å². The van der Waals surface area contributed by atoms with E-state index in [0.717, 1.165) is 24.1 Å². The van der Waals surface area contributed by atoms with Gasteiger partial charge in [-0.25, -0.2) is 8.42 Å². The number of sulfone groups is 1. The fourth-order valence-electron chi connectivity index (χ4n) is 3.52. The van der Waals surface area contributed by atoms with Crippen LogP contribution in [0.15, 0.2) is 59.5 Å². The molecular weight excluding hydrogens is 360 g/mol. The number of benzene rings is 2. The lowest BCUT2D eigenvalue weighted by Gasteiger charge is -2.18. The van der Waals surface area contributed by atoms with Crippen molar-refractivity contribution >= 4 is 15.7 Å². The number of hydrogen-bond acceptors (Lipinski definition) is 4. The molecule has 0 spiro atoms. The van der Waals surface area contributed by atoms with Gasteiger partial charge < -0.3 is 5.32 Å². The van der Waals surface area contributed by atoms with E-state index in [0.29, 0.717) is 24.5 Å². The van der Waals surface area contributed by atoms with E-state index in [4.69, 9.17) is 0 Å². The molecule has 27 heavy (non-hydrogen) atoms. The summed E-state index contributed by atoms with van der Waals surface area (Å²) in [5.74, 6) is 0.117. The summed E-state index contributed by atoms with van der Waals surface area (Å²) in [6.45, 7) is 4.80. The van der Waals surface area contributed by atoms with Crippen molar-refractivity contribution in [3.05, 3.63) is 65.7 Å². The van der Waals surface area contributed by atoms with Gasteiger partial charge in [-0.3, -0.25) is 9.69 Å². The molecular formula is C21H26N2O3S. The smallest absolute Gasteiger partial charge is 0.224 e. The van der Waals surface area contributed by atoms with Crippen LogP contribution < -0.4 is 5.32 Å². The summed E-state index contributed by atoms with van der Waals surface area (Å²) in [5, 5.41) is 2.89. The van der Waals surface area contributed by atoms with E-state index in [2.05, 4.69) is 10.2 Å². The predicted molar refractivity (Wildman–Crippen MR) is 106 cm³/mol. The third kappa shape index (κ3) is 4.96. The average molecular weight is 387 g/mol. The number of rotatable bonds is 7. The first-order valence-corrected chi connectivity index (χ1v) is 11.0. The van der Waals surface area contributed by atoms with Crippen LogP contribution >= 0.6 is 0 Å². The van der Waals surface area contributed by atoms with Crippen molar-refractivity contribution in [1.29, 1.82) is 0 Å². The maximum atomic E-state index is 12.7. The van der Waals surface area contributed by atoms with Gasteiger partial charge in [0, 0.05) is 19.6 Å². The molecule has 0 aliphatic carbocycles. The van der Waals surface area contributed by atoms with Gasteiger partial charge in [-0.1, -0.05) is 42.5 Å². The summed E-state index contributed by atoms with van der Waals surface area (Å²) in [6, 6.07) is 16.2. The first-order chi connectivity index (χ1) is 13.0. The molecule has 1 aliphatic rings. The maximum Gasteiger partial charge on any atom is 0.224 e. The van der Waals surface area contributed by atoms with Crippen LogP contribution in [0.2, 0.25) is 0 Å². The lowest BCUT2D eigenvalue weighted by Crippen LogP contribution is -2.32. The number of likely N-dealkylation sites (tertiary alicyclic amines) is 1. The van der Waals surface area contributed by atoms with E-state index in [1.807, 2.05) is 37.3 Å². The third-order valence-electron chi connectivity index (χ3n) is 4.95. The van der Waals surface area contributed by atoms with Crippen molar-refractivity contribution in [2.24, 2.45) is 5.92 Å². The molecule has 1 atom stereocenters. The van der Waals surface area contributed by atoms with Crippen molar-refractivity contribution in [3.63, 3.8) is 0 Å². The molecule has 1 heterocycles. The minimum Gasteiger partial charge on any atom is -0.356 e. The van der Waals surface area contributed by atoms with Crippen LogP contribution in [-0.4, -0.2) is 38.9 Å². The number of nitrogens with one attached hydrogen (secondary N) is 1. The van der Waals surface area contributed by atoms with Crippen LogP contribution in [0.25, 0.3) is 0 Å². The molecule has 0 radical (unpaired) electrons. The zero-order chi connectivity index (χ0) is 19.3. The van der Waals surface area contributed by atoms with Crippen LogP contribution in [0, 0.1) is 5.92 Å². The van der Waals surface area contributed by atoms with E-state index in [-0.39, 0.29) is 17.6 Å². The van der Waals surface area contributed by atoms with Crippen molar-refractivity contribution in [2.75, 3.05) is 19.6 Å². The number of carbonyl (C=O) groups excluding carboxylic acids is 1. The van der Waals surface area contributed by atoms with Gasteiger partial charge in [0.15, 0.2) is 9.84 Å². The molecule has 1 unspecified atom stereocenters. The van der Waals surface area contributed by atoms with Crippen molar-refractivity contribution in [1.82, 2.24) is 10.2 Å². The first kappa shape index (κ1) is 19.6. The molecule has 1 saturated heterocycles. The van der Waals surface area contributed by atoms with Crippen LogP contribution in [0.5, 0.6) is 0 Å². The highest BCUT2D eigenvalue weighted by Gasteiger charge is 2.28. The van der Waals surface area contributed by atoms with E-state index >= 15 is 0 Å². The Kier molecular flexibility index (Phi) is 6.29. The second-order valence-corrected chi connectivity index (χ2v) is 8.95. The number of hydrogen-bond donors (Lipinski definition) is 1.